The highest BCUT2D eigenvalue weighted by atomic mass is 32.2. The lowest BCUT2D eigenvalue weighted by Gasteiger charge is -2.14. The Balaban J connectivity index is 2.68. The van der Waals surface area contributed by atoms with Gasteiger partial charge in [-0.25, -0.2) is 12.7 Å². The molecule has 2 atom stereocenters. The first kappa shape index (κ1) is 11.0. The molecular weight excluding hydrogens is 186 g/mol. The fraction of sp³-hybridized carbons (Fsp3) is 1.00. The topological polar surface area (TPSA) is 37.4 Å². The van der Waals surface area contributed by atoms with Crippen LogP contribution in [0, 0.1) is 11.8 Å². The van der Waals surface area contributed by atoms with Gasteiger partial charge in [0, 0.05) is 13.1 Å². The minimum atomic E-state index is -2.94. The van der Waals surface area contributed by atoms with E-state index in [1.807, 2.05) is 0 Å². The third kappa shape index (κ3) is 2.23. The summed E-state index contributed by atoms with van der Waals surface area (Å²) in [7, 11) is -2.94. The van der Waals surface area contributed by atoms with Crippen LogP contribution in [0.15, 0.2) is 0 Å². The maximum Gasteiger partial charge on any atom is 0.213 e. The fourth-order valence-electron chi connectivity index (χ4n) is 1.93. The summed E-state index contributed by atoms with van der Waals surface area (Å²) >= 11 is 0. The summed E-state index contributed by atoms with van der Waals surface area (Å²) in [6.45, 7) is 7.42. The van der Waals surface area contributed by atoms with Crippen LogP contribution < -0.4 is 0 Å². The molecular formula is C9H19NO2S. The van der Waals surface area contributed by atoms with Gasteiger partial charge in [-0.15, -0.1) is 0 Å². The quantitative estimate of drug-likeness (QED) is 0.696. The van der Waals surface area contributed by atoms with Crippen molar-refractivity contribution in [1.82, 2.24) is 4.31 Å². The van der Waals surface area contributed by atoms with Gasteiger partial charge in [-0.3, -0.25) is 0 Å². The molecule has 0 amide bonds. The monoisotopic (exact) mass is 205 g/mol. The summed E-state index contributed by atoms with van der Waals surface area (Å²) in [6.07, 6.45) is 1.08. The Kier molecular flexibility index (Phi) is 3.35. The molecule has 4 heteroatoms. The molecule has 3 nitrogen and oxygen atoms in total. The fourth-order valence-corrected chi connectivity index (χ4v) is 3.17. The molecule has 78 valence electrons. The predicted molar refractivity (Wildman–Crippen MR) is 54.0 cm³/mol. The van der Waals surface area contributed by atoms with Crippen LogP contribution >= 0.6 is 0 Å². The smallest absolute Gasteiger partial charge is 0.212 e. The van der Waals surface area contributed by atoms with E-state index in [0.29, 0.717) is 18.4 Å². The van der Waals surface area contributed by atoms with Crippen molar-refractivity contribution < 1.29 is 8.42 Å². The molecule has 1 heterocycles. The van der Waals surface area contributed by atoms with E-state index in [4.69, 9.17) is 0 Å². The maximum absolute atomic E-state index is 11.5. The third-order valence-electron chi connectivity index (χ3n) is 3.02. The van der Waals surface area contributed by atoms with Crippen LogP contribution in [0.1, 0.15) is 27.2 Å². The van der Waals surface area contributed by atoms with Gasteiger partial charge in [-0.05, 0) is 18.8 Å². The van der Waals surface area contributed by atoms with E-state index in [1.165, 1.54) is 0 Å². The van der Waals surface area contributed by atoms with Crippen LogP contribution in [0.2, 0.25) is 0 Å². The molecule has 0 spiro atoms. The van der Waals surface area contributed by atoms with E-state index >= 15 is 0 Å². The molecule has 13 heavy (non-hydrogen) atoms. The van der Waals surface area contributed by atoms with Gasteiger partial charge in [0.15, 0.2) is 0 Å². The summed E-state index contributed by atoms with van der Waals surface area (Å²) in [5.41, 5.74) is 0. The molecule has 2 unspecified atom stereocenters. The standard InChI is InChI=1S/C9H19NO2S/c1-4-9-7-10(6-8(9)3)13(11,12)5-2/h8-9H,4-7H2,1-3H3. The van der Waals surface area contributed by atoms with Crippen molar-refractivity contribution in [2.75, 3.05) is 18.8 Å². The number of rotatable bonds is 3. The molecule has 0 aromatic rings. The highest BCUT2D eigenvalue weighted by Gasteiger charge is 2.34. The average Bonchev–Trinajstić information content (AvgIpc) is 2.47. The summed E-state index contributed by atoms with van der Waals surface area (Å²) in [5, 5.41) is 0. The van der Waals surface area contributed by atoms with Crippen LogP contribution in [-0.2, 0) is 10.0 Å². The van der Waals surface area contributed by atoms with Crippen LogP contribution in [0.3, 0.4) is 0 Å². The summed E-state index contributed by atoms with van der Waals surface area (Å²) < 4.78 is 24.7. The Morgan fingerprint density at radius 2 is 1.92 bits per heavy atom. The van der Waals surface area contributed by atoms with E-state index in [-0.39, 0.29) is 5.75 Å². The first-order valence-electron chi connectivity index (χ1n) is 4.99. The second-order valence-electron chi connectivity index (χ2n) is 3.86. The second kappa shape index (κ2) is 3.96. The zero-order valence-corrected chi connectivity index (χ0v) is 9.47. The van der Waals surface area contributed by atoms with E-state index in [2.05, 4.69) is 13.8 Å². The first-order chi connectivity index (χ1) is 6.01. The van der Waals surface area contributed by atoms with Crippen LogP contribution in [0.25, 0.3) is 0 Å². The molecule has 1 rings (SSSR count). The number of sulfonamides is 1. The molecule has 1 saturated heterocycles. The van der Waals surface area contributed by atoms with Crippen molar-refractivity contribution in [1.29, 1.82) is 0 Å². The number of nitrogens with zero attached hydrogens (tertiary/aromatic N) is 1. The molecule has 0 aromatic heterocycles. The molecule has 0 N–H and O–H groups in total. The van der Waals surface area contributed by atoms with Crippen LogP contribution in [0.5, 0.6) is 0 Å². The molecule has 0 saturated carbocycles. The molecule has 1 aliphatic heterocycles. The van der Waals surface area contributed by atoms with Crippen LogP contribution in [0.4, 0.5) is 0 Å². The van der Waals surface area contributed by atoms with Gasteiger partial charge in [0.25, 0.3) is 0 Å². The normalized spacial score (nSPS) is 31.0. The number of hydrogen-bond donors (Lipinski definition) is 0. The lowest BCUT2D eigenvalue weighted by molar-refractivity contribution is 0.436. The van der Waals surface area contributed by atoms with Crippen LogP contribution in [-0.4, -0.2) is 31.6 Å². The van der Waals surface area contributed by atoms with E-state index in [0.717, 1.165) is 13.0 Å². The second-order valence-corrected chi connectivity index (χ2v) is 6.12. The molecule has 1 aliphatic rings. The summed E-state index contributed by atoms with van der Waals surface area (Å²) in [6, 6.07) is 0. The highest BCUT2D eigenvalue weighted by molar-refractivity contribution is 7.89. The Labute approximate surface area is 81.2 Å². The van der Waals surface area contributed by atoms with E-state index in [1.54, 1.807) is 11.2 Å². The molecule has 0 bridgehead atoms. The largest absolute Gasteiger partial charge is 0.213 e. The van der Waals surface area contributed by atoms with Gasteiger partial charge < -0.3 is 0 Å². The van der Waals surface area contributed by atoms with Crippen molar-refractivity contribution in [3.63, 3.8) is 0 Å². The molecule has 1 fully saturated rings. The minimum absolute atomic E-state index is 0.232. The Morgan fingerprint density at radius 3 is 2.31 bits per heavy atom. The van der Waals surface area contributed by atoms with E-state index in [9.17, 15) is 8.42 Å². The van der Waals surface area contributed by atoms with Gasteiger partial charge in [-0.1, -0.05) is 20.3 Å². The van der Waals surface area contributed by atoms with E-state index < -0.39 is 10.0 Å². The highest BCUT2D eigenvalue weighted by Crippen LogP contribution is 2.27. The zero-order chi connectivity index (χ0) is 10.1. The Bertz CT molecular complexity index is 261. The van der Waals surface area contributed by atoms with Gasteiger partial charge in [0.1, 0.15) is 0 Å². The lowest BCUT2D eigenvalue weighted by atomic mass is 9.96. The molecule has 0 aromatic carbocycles. The SMILES string of the molecule is CCC1CN(S(=O)(=O)CC)CC1C. The minimum Gasteiger partial charge on any atom is -0.212 e. The van der Waals surface area contributed by atoms with Gasteiger partial charge in [0.05, 0.1) is 5.75 Å². The summed E-state index contributed by atoms with van der Waals surface area (Å²) in [4.78, 5) is 0. The average molecular weight is 205 g/mol. The van der Waals surface area contributed by atoms with Crippen molar-refractivity contribution in [2.45, 2.75) is 27.2 Å². The lowest BCUT2D eigenvalue weighted by Crippen LogP contribution is -2.30. The molecule has 0 aliphatic carbocycles. The Morgan fingerprint density at radius 1 is 1.31 bits per heavy atom. The van der Waals surface area contributed by atoms with Crippen molar-refractivity contribution in [2.24, 2.45) is 11.8 Å². The van der Waals surface area contributed by atoms with Gasteiger partial charge in [0.2, 0.25) is 10.0 Å². The first-order valence-corrected chi connectivity index (χ1v) is 6.60. The third-order valence-corrected chi connectivity index (χ3v) is 4.83. The zero-order valence-electron chi connectivity index (χ0n) is 8.66. The summed E-state index contributed by atoms with van der Waals surface area (Å²) in [5.74, 6) is 1.31. The van der Waals surface area contributed by atoms with Crippen molar-refractivity contribution in [3.05, 3.63) is 0 Å². The van der Waals surface area contributed by atoms with Crippen molar-refractivity contribution >= 4 is 10.0 Å². The van der Waals surface area contributed by atoms with Crippen molar-refractivity contribution in [3.8, 4) is 0 Å². The maximum atomic E-state index is 11.5. The van der Waals surface area contributed by atoms with Gasteiger partial charge in [-0.2, -0.15) is 0 Å². The Hall–Kier alpha value is -0.0900. The number of hydrogen-bond acceptors (Lipinski definition) is 2. The van der Waals surface area contributed by atoms with Gasteiger partial charge >= 0.3 is 0 Å². The predicted octanol–water partition coefficient (Wildman–Crippen LogP) is 1.31. The molecule has 0 radical (unpaired) electrons.